The Bertz CT molecular complexity index is 568. The number of carbonyl (C=O) groups excluding carboxylic acids is 1. The molecule has 0 aliphatic rings. The van der Waals surface area contributed by atoms with Crippen LogP contribution in [-0.2, 0) is 0 Å². The second-order valence-corrected chi connectivity index (χ2v) is 3.48. The van der Waals surface area contributed by atoms with Crippen LogP contribution in [-0.4, -0.2) is 18.1 Å². The van der Waals surface area contributed by atoms with E-state index in [-0.39, 0.29) is 0 Å². The maximum absolute atomic E-state index is 11.3. The van der Waals surface area contributed by atoms with Gasteiger partial charge in [0.05, 0.1) is 5.29 Å². The molecule has 0 radical (unpaired) electrons. The minimum atomic E-state index is -0.810. The average Bonchev–Trinajstić information content (AvgIpc) is 2.37. The summed E-state index contributed by atoms with van der Waals surface area (Å²) in [6, 6.07) is 12.9. The van der Waals surface area contributed by atoms with E-state index in [1.807, 2.05) is 30.3 Å². The van der Waals surface area contributed by atoms with Crippen LogP contribution in [0.2, 0.25) is 0 Å². The van der Waals surface area contributed by atoms with Crippen molar-refractivity contribution in [2.45, 2.75) is 0 Å². The van der Waals surface area contributed by atoms with Gasteiger partial charge in [-0.2, -0.15) is 5.01 Å². The van der Waals surface area contributed by atoms with Gasteiger partial charge in [0.25, 0.3) is 0 Å². The molecule has 0 saturated heterocycles. The lowest BCUT2D eigenvalue weighted by molar-refractivity contribution is 0.164. The van der Waals surface area contributed by atoms with Gasteiger partial charge in [-0.3, -0.25) is 0 Å². The predicted octanol–water partition coefficient (Wildman–Crippen LogP) is 2.95. The van der Waals surface area contributed by atoms with Crippen LogP contribution >= 0.6 is 0 Å². The first-order chi connectivity index (χ1) is 8.20. The van der Waals surface area contributed by atoms with Gasteiger partial charge in [-0.05, 0) is 22.9 Å². The van der Waals surface area contributed by atoms with Gasteiger partial charge in [-0.1, -0.05) is 30.3 Å². The molecule has 0 unspecified atom stereocenters. The molecule has 2 rings (SSSR count). The second kappa shape index (κ2) is 4.61. The van der Waals surface area contributed by atoms with E-state index in [1.165, 1.54) is 7.05 Å². The molecule has 86 valence electrons. The van der Waals surface area contributed by atoms with Crippen molar-refractivity contribution < 1.29 is 9.53 Å². The third kappa shape index (κ3) is 2.39. The van der Waals surface area contributed by atoms with E-state index in [0.717, 1.165) is 10.8 Å². The minimum Gasteiger partial charge on any atom is -0.409 e. The number of amides is 1. The zero-order chi connectivity index (χ0) is 12.3. The molecule has 0 aliphatic carbocycles. The molecule has 0 aliphatic heterocycles. The fourth-order valence-electron chi connectivity index (χ4n) is 1.43. The molecule has 0 spiro atoms. The summed E-state index contributed by atoms with van der Waals surface area (Å²) in [6.07, 6.45) is -0.810. The average molecular weight is 230 g/mol. The van der Waals surface area contributed by atoms with Crippen LogP contribution < -0.4 is 4.74 Å². The molecular formula is C12H10N2O3. The number of ether oxygens (including phenoxy) is 1. The summed E-state index contributed by atoms with van der Waals surface area (Å²) >= 11 is 0. The fourth-order valence-corrected chi connectivity index (χ4v) is 1.43. The number of hydrogen-bond acceptors (Lipinski definition) is 4. The Balaban J connectivity index is 2.25. The van der Waals surface area contributed by atoms with Gasteiger partial charge >= 0.3 is 6.09 Å². The second-order valence-electron chi connectivity index (χ2n) is 3.48. The lowest BCUT2D eigenvalue weighted by atomic mass is 10.1. The topological polar surface area (TPSA) is 59.0 Å². The highest BCUT2D eigenvalue weighted by atomic mass is 16.6. The maximum atomic E-state index is 11.3. The Hall–Kier alpha value is -2.43. The van der Waals surface area contributed by atoms with E-state index in [2.05, 4.69) is 5.29 Å². The lowest BCUT2D eigenvalue weighted by Crippen LogP contribution is -2.24. The largest absolute Gasteiger partial charge is 0.438 e. The minimum absolute atomic E-state index is 0.379. The van der Waals surface area contributed by atoms with Crippen molar-refractivity contribution in [3.63, 3.8) is 0 Å². The molecule has 0 heterocycles. The monoisotopic (exact) mass is 230 g/mol. The zero-order valence-corrected chi connectivity index (χ0v) is 9.16. The lowest BCUT2D eigenvalue weighted by Gasteiger charge is -2.08. The van der Waals surface area contributed by atoms with Crippen LogP contribution in [0.4, 0.5) is 4.79 Å². The predicted molar refractivity (Wildman–Crippen MR) is 63.5 cm³/mol. The van der Waals surface area contributed by atoms with Crippen molar-refractivity contribution in [3.05, 3.63) is 47.4 Å². The van der Waals surface area contributed by atoms with Gasteiger partial charge in [0, 0.05) is 7.05 Å². The number of hydrogen-bond donors (Lipinski definition) is 0. The SMILES string of the molecule is CN(N=O)C(=O)Oc1ccc2ccccc2c1. The molecule has 17 heavy (non-hydrogen) atoms. The Morgan fingerprint density at radius 1 is 1.18 bits per heavy atom. The Kier molecular flexibility index (Phi) is 3.00. The molecule has 5 heteroatoms. The molecule has 1 amide bonds. The number of carbonyl (C=O) groups is 1. The molecule has 2 aromatic carbocycles. The summed E-state index contributed by atoms with van der Waals surface area (Å²) in [5.41, 5.74) is 0. The first-order valence-corrected chi connectivity index (χ1v) is 4.98. The highest BCUT2D eigenvalue weighted by molar-refractivity contribution is 5.84. The van der Waals surface area contributed by atoms with Gasteiger partial charge in [0.15, 0.2) is 0 Å². The molecule has 0 atom stereocenters. The number of fused-ring (bicyclic) bond motifs is 1. The molecule has 2 aromatic rings. The van der Waals surface area contributed by atoms with Crippen molar-refractivity contribution in [1.29, 1.82) is 0 Å². The molecule has 0 bridgehead atoms. The van der Waals surface area contributed by atoms with Crippen LogP contribution in [0, 0.1) is 4.91 Å². The quantitative estimate of drug-likeness (QED) is 0.588. The summed E-state index contributed by atoms with van der Waals surface area (Å²) in [5, 5.41) is 5.06. The standard InChI is InChI=1S/C12H10N2O3/c1-14(13-16)12(15)17-11-7-6-9-4-2-3-5-10(9)8-11/h2-8H,1H3. The Labute approximate surface area is 97.5 Å². The molecule has 5 nitrogen and oxygen atoms in total. The summed E-state index contributed by atoms with van der Waals surface area (Å²) < 4.78 is 4.97. The summed E-state index contributed by atoms with van der Waals surface area (Å²) in [7, 11) is 1.23. The Morgan fingerprint density at radius 3 is 2.59 bits per heavy atom. The van der Waals surface area contributed by atoms with Crippen molar-refractivity contribution in [3.8, 4) is 5.75 Å². The number of nitrogens with zero attached hydrogens (tertiary/aromatic N) is 2. The van der Waals surface area contributed by atoms with Crippen molar-refractivity contribution in [2.24, 2.45) is 5.29 Å². The molecular weight excluding hydrogens is 220 g/mol. The number of rotatable bonds is 2. The molecule has 0 aromatic heterocycles. The van der Waals surface area contributed by atoms with E-state index in [0.29, 0.717) is 10.8 Å². The van der Waals surface area contributed by atoms with Crippen molar-refractivity contribution >= 4 is 16.9 Å². The number of benzene rings is 2. The summed E-state index contributed by atoms with van der Waals surface area (Å²) in [4.78, 5) is 21.4. The highest BCUT2D eigenvalue weighted by Gasteiger charge is 2.11. The van der Waals surface area contributed by atoms with E-state index < -0.39 is 6.09 Å². The van der Waals surface area contributed by atoms with Crippen LogP contribution in [0.5, 0.6) is 5.75 Å². The van der Waals surface area contributed by atoms with Gasteiger partial charge in [-0.25, -0.2) is 4.79 Å². The van der Waals surface area contributed by atoms with Crippen LogP contribution in [0.15, 0.2) is 47.8 Å². The van der Waals surface area contributed by atoms with Crippen LogP contribution in [0.1, 0.15) is 0 Å². The van der Waals surface area contributed by atoms with Gasteiger partial charge in [0.2, 0.25) is 0 Å². The fraction of sp³-hybridized carbons (Fsp3) is 0.0833. The van der Waals surface area contributed by atoms with E-state index >= 15 is 0 Å². The van der Waals surface area contributed by atoms with E-state index in [1.54, 1.807) is 12.1 Å². The van der Waals surface area contributed by atoms with Crippen molar-refractivity contribution in [1.82, 2.24) is 5.01 Å². The van der Waals surface area contributed by atoms with E-state index in [4.69, 9.17) is 4.74 Å². The maximum Gasteiger partial charge on any atom is 0.438 e. The molecule has 0 N–H and O–H groups in total. The third-order valence-corrected chi connectivity index (χ3v) is 2.31. The number of nitroso groups, excluding NO2 is 1. The first kappa shape index (κ1) is 11.1. The zero-order valence-electron chi connectivity index (χ0n) is 9.16. The van der Waals surface area contributed by atoms with Crippen LogP contribution in [0.3, 0.4) is 0 Å². The van der Waals surface area contributed by atoms with Crippen molar-refractivity contribution in [2.75, 3.05) is 7.05 Å². The third-order valence-electron chi connectivity index (χ3n) is 2.31. The first-order valence-electron chi connectivity index (χ1n) is 4.98. The Morgan fingerprint density at radius 2 is 1.88 bits per heavy atom. The smallest absolute Gasteiger partial charge is 0.409 e. The van der Waals surface area contributed by atoms with Gasteiger partial charge in [-0.15, -0.1) is 4.91 Å². The van der Waals surface area contributed by atoms with Gasteiger partial charge < -0.3 is 4.74 Å². The summed E-state index contributed by atoms with van der Waals surface area (Å²) in [5.74, 6) is 0.379. The van der Waals surface area contributed by atoms with Gasteiger partial charge in [0.1, 0.15) is 5.75 Å². The van der Waals surface area contributed by atoms with E-state index in [9.17, 15) is 9.70 Å². The molecule has 0 fully saturated rings. The normalized spacial score (nSPS) is 9.94. The summed E-state index contributed by atoms with van der Waals surface area (Å²) in [6.45, 7) is 0. The molecule has 0 saturated carbocycles. The highest BCUT2D eigenvalue weighted by Crippen LogP contribution is 2.20. The van der Waals surface area contributed by atoms with Crippen LogP contribution in [0.25, 0.3) is 10.8 Å².